The van der Waals surface area contributed by atoms with E-state index in [1.807, 2.05) is 12.1 Å². The van der Waals surface area contributed by atoms with Crippen molar-refractivity contribution < 1.29 is 4.79 Å². The van der Waals surface area contributed by atoms with Gasteiger partial charge in [-0.3, -0.25) is 4.79 Å². The monoisotopic (exact) mass is 263 g/mol. The highest BCUT2D eigenvalue weighted by atomic mass is 35.5. The molecule has 18 heavy (non-hydrogen) atoms. The van der Waals surface area contributed by atoms with E-state index in [2.05, 4.69) is 5.32 Å². The summed E-state index contributed by atoms with van der Waals surface area (Å²) < 4.78 is 0. The van der Waals surface area contributed by atoms with Gasteiger partial charge in [-0.25, -0.2) is 0 Å². The second kappa shape index (κ2) is 5.02. The average molecular weight is 264 g/mol. The van der Waals surface area contributed by atoms with Crippen LogP contribution in [0.25, 0.3) is 0 Å². The van der Waals surface area contributed by atoms with Crippen LogP contribution in [0.5, 0.6) is 0 Å². The molecule has 1 N–H and O–H groups in total. The first-order valence-electron chi connectivity index (χ1n) is 6.84. The topological polar surface area (TPSA) is 29.1 Å². The fourth-order valence-electron chi connectivity index (χ4n) is 3.04. The van der Waals surface area contributed by atoms with Gasteiger partial charge in [0.1, 0.15) is 0 Å². The Morgan fingerprint density at radius 3 is 2.56 bits per heavy atom. The van der Waals surface area contributed by atoms with Crippen molar-refractivity contribution in [1.29, 1.82) is 0 Å². The maximum atomic E-state index is 12.4. The molecule has 3 heteroatoms. The first-order chi connectivity index (χ1) is 8.75. The van der Waals surface area contributed by atoms with Gasteiger partial charge in [0.2, 0.25) is 0 Å². The second-order valence-electron chi connectivity index (χ2n) is 5.32. The highest BCUT2D eigenvalue weighted by Gasteiger charge is 2.26. The van der Waals surface area contributed by atoms with Gasteiger partial charge < -0.3 is 5.32 Å². The molecule has 1 aromatic carbocycles. The summed E-state index contributed by atoms with van der Waals surface area (Å²) in [6, 6.07) is 4.03. The third-order valence-electron chi connectivity index (χ3n) is 4.07. The summed E-state index contributed by atoms with van der Waals surface area (Å²) in [5.74, 6) is 0.172. The Bertz CT molecular complexity index is 478. The van der Waals surface area contributed by atoms with Crippen molar-refractivity contribution in [3.05, 3.63) is 33.8 Å². The van der Waals surface area contributed by atoms with Crippen LogP contribution in [0.15, 0.2) is 12.1 Å². The van der Waals surface area contributed by atoms with Crippen molar-refractivity contribution in [2.45, 2.75) is 44.6 Å². The van der Waals surface area contributed by atoms with Crippen LogP contribution in [0.4, 0.5) is 0 Å². The van der Waals surface area contributed by atoms with Crippen LogP contribution >= 0.6 is 11.6 Å². The molecule has 1 fully saturated rings. The normalized spacial score (nSPS) is 22.8. The van der Waals surface area contributed by atoms with Gasteiger partial charge in [-0.05, 0) is 68.3 Å². The Hall–Kier alpha value is -0.860. The maximum absolute atomic E-state index is 12.4. The Labute approximate surface area is 113 Å². The van der Waals surface area contributed by atoms with Crippen LogP contribution in [-0.2, 0) is 12.8 Å². The largest absolute Gasteiger partial charge is 0.307 e. The lowest BCUT2D eigenvalue weighted by Crippen LogP contribution is -2.31. The average Bonchev–Trinajstić information content (AvgIpc) is 2.91. The summed E-state index contributed by atoms with van der Waals surface area (Å²) in [5.41, 5.74) is 3.38. The number of carbonyl (C=O) groups is 1. The molecule has 1 saturated heterocycles. The summed E-state index contributed by atoms with van der Waals surface area (Å²) in [5, 5.41) is 3.89. The minimum atomic E-state index is -0.0239. The Morgan fingerprint density at radius 1 is 1.17 bits per heavy atom. The van der Waals surface area contributed by atoms with Gasteiger partial charge in [-0.2, -0.15) is 0 Å². The predicted octanol–water partition coefficient (Wildman–Crippen LogP) is 3.15. The summed E-state index contributed by atoms with van der Waals surface area (Å²) >= 11 is 6.29. The number of aryl methyl sites for hydroxylation is 2. The van der Waals surface area contributed by atoms with E-state index in [0.29, 0.717) is 5.02 Å². The number of hydrogen-bond acceptors (Lipinski definition) is 2. The SMILES string of the molecule is O=C(c1cc2c(cc1Cl)CCCC2)C1CCCN1. The third-order valence-corrected chi connectivity index (χ3v) is 4.39. The lowest BCUT2D eigenvalue weighted by molar-refractivity contribution is 0.0952. The van der Waals surface area contributed by atoms with Crippen LogP contribution < -0.4 is 5.32 Å². The summed E-state index contributed by atoms with van der Waals surface area (Å²) in [7, 11) is 0. The van der Waals surface area contributed by atoms with Crippen LogP contribution in [0.3, 0.4) is 0 Å². The zero-order chi connectivity index (χ0) is 12.5. The van der Waals surface area contributed by atoms with Crippen molar-refractivity contribution in [1.82, 2.24) is 5.32 Å². The molecule has 0 saturated carbocycles. The molecule has 0 aromatic heterocycles. The van der Waals surface area contributed by atoms with Gasteiger partial charge in [0.05, 0.1) is 11.1 Å². The molecule has 0 radical (unpaired) electrons. The molecular weight excluding hydrogens is 246 g/mol. The van der Waals surface area contributed by atoms with Crippen LogP contribution in [-0.4, -0.2) is 18.4 Å². The molecule has 1 unspecified atom stereocenters. The van der Waals surface area contributed by atoms with Crippen LogP contribution in [0.1, 0.15) is 47.2 Å². The highest BCUT2D eigenvalue weighted by Crippen LogP contribution is 2.29. The molecule has 1 aromatic rings. The molecule has 2 aliphatic rings. The molecule has 1 atom stereocenters. The van der Waals surface area contributed by atoms with E-state index < -0.39 is 0 Å². The predicted molar refractivity (Wildman–Crippen MR) is 73.4 cm³/mol. The minimum absolute atomic E-state index is 0.0239. The van der Waals surface area contributed by atoms with E-state index in [4.69, 9.17) is 11.6 Å². The lowest BCUT2D eigenvalue weighted by atomic mass is 9.89. The zero-order valence-corrected chi connectivity index (χ0v) is 11.2. The smallest absolute Gasteiger partial charge is 0.181 e. The van der Waals surface area contributed by atoms with Crippen molar-refractivity contribution in [2.24, 2.45) is 0 Å². The van der Waals surface area contributed by atoms with Gasteiger partial charge in [0.15, 0.2) is 5.78 Å². The Balaban J connectivity index is 1.93. The van der Waals surface area contributed by atoms with E-state index in [0.717, 1.165) is 37.8 Å². The molecule has 1 aliphatic heterocycles. The third kappa shape index (κ3) is 2.19. The van der Waals surface area contributed by atoms with Gasteiger partial charge in [0, 0.05) is 5.56 Å². The number of hydrogen-bond donors (Lipinski definition) is 1. The summed E-state index contributed by atoms with van der Waals surface area (Å²) in [6.45, 7) is 0.943. The van der Waals surface area contributed by atoms with E-state index in [1.54, 1.807) is 0 Å². The maximum Gasteiger partial charge on any atom is 0.181 e. The zero-order valence-electron chi connectivity index (χ0n) is 10.5. The van der Waals surface area contributed by atoms with E-state index in [1.165, 1.54) is 24.0 Å². The van der Waals surface area contributed by atoms with Crippen LogP contribution in [0, 0.1) is 0 Å². The first-order valence-corrected chi connectivity index (χ1v) is 7.22. The molecule has 96 valence electrons. The van der Waals surface area contributed by atoms with Gasteiger partial charge in [-0.1, -0.05) is 11.6 Å². The first kappa shape index (κ1) is 12.2. The Kier molecular flexibility index (Phi) is 3.40. The van der Waals surface area contributed by atoms with Gasteiger partial charge >= 0.3 is 0 Å². The van der Waals surface area contributed by atoms with Gasteiger partial charge in [-0.15, -0.1) is 0 Å². The van der Waals surface area contributed by atoms with Crippen molar-refractivity contribution in [3.63, 3.8) is 0 Å². The Morgan fingerprint density at radius 2 is 1.89 bits per heavy atom. The number of carbonyl (C=O) groups excluding carboxylic acids is 1. The standard InChI is InChI=1S/C15H18ClNO/c16-13-9-11-5-2-1-4-10(11)8-12(13)15(18)14-6-3-7-17-14/h8-9,14,17H,1-7H2. The van der Waals surface area contributed by atoms with E-state index in [9.17, 15) is 4.79 Å². The molecule has 3 rings (SSSR count). The van der Waals surface area contributed by atoms with Crippen LogP contribution in [0.2, 0.25) is 5.02 Å². The van der Waals surface area contributed by atoms with Crippen molar-refractivity contribution in [2.75, 3.05) is 6.54 Å². The second-order valence-corrected chi connectivity index (χ2v) is 5.73. The minimum Gasteiger partial charge on any atom is -0.307 e. The fraction of sp³-hybridized carbons (Fsp3) is 0.533. The number of halogens is 1. The lowest BCUT2D eigenvalue weighted by Gasteiger charge is -2.18. The summed E-state index contributed by atoms with van der Waals surface area (Å²) in [6.07, 6.45) is 6.67. The number of fused-ring (bicyclic) bond motifs is 1. The number of ketones is 1. The molecule has 1 aliphatic carbocycles. The quantitative estimate of drug-likeness (QED) is 0.831. The number of benzene rings is 1. The fourth-order valence-corrected chi connectivity index (χ4v) is 3.32. The van der Waals surface area contributed by atoms with Crippen molar-refractivity contribution in [3.8, 4) is 0 Å². The molecule has 0 spiro atoms. The van der Waals surface area contributed by atoms with E-state index >= 15 is 0 Å². The molecule has 0 bridgehead atoms. The van der Waals surface area contributed by atoms with E-state index in [-0.39, 0.29) is 11.8 Å². The number of rotatable bonds is 2. The van der Waals surface area contributed by atoms with Gasteiger partial charge in [0.25, 0.3) is 0 Å². The highest BCUT2D eigenvalue weighted by molar-refractivity contribution is 6.34. The number of Topliss-reactive ketones (excluding diaryl/α,β-unsaturated/α-hetero) is 1. The van der Waals surface area contributed by atoms with Crippen molar-refractivity contribution >= 4 is 17.4 Å². The number of nitrogens with one attached hydrogen (secondary N) is 1. The summed E-state index contributed by atoms with van der Waals surface area (Å²) in [4.78, 5) is 12.4. The molecule has 1 heterocycles. The molecule has 2 nitrogen and oxygen atoms in total. The molecular formula is C15H18ClNO. The molecule has 0 amide bonds.